The van der Waals surface area contributed by atoms with Crippen molar-refractivity contribution in [1.29, 1.82) is 0 Å². The summed E-state index contributed by atoms with van der Waals surface area (Å²) in [7, 11) is 2.77. The van der Waals surface area contributed by atoms with E-state index in [1.54, 1.807) is 0 Å². The number of amides is 1. The van der Waals surface area contributed by atoms with Gasteiger partial charge >= 0.3 is 12.1 Å². The predicted octanol–water partition coefficient (Wildman–Crippen LogP) is 2.43. The summed E-state index contributed by atoms with van der Waals surface area (Å²) in [6.07, 6.45) is -3.87. The number of rotatable bonds is 5. The highest BCUT2D eigenvalue weighted by molar-refractivity contribution is 5.85. The van der Waals surface area contributed by atoms with Crippen LogP contribution < -0.4 is 0 Å². The smallest absolute Gasteiger partial charge is 0.416 e. The first kappa shape index (κ1) is 19.2. The minimum atomic E-state index is -4.38. The number of aryl methyl sites for hydroxylation is 1. The number of likely N-dealkylation sites (tertiary alicyclic amines) is 1. The molecule has 0 aliphatic carbocycles. The molecule has 8 heteroatoms. The van der Waals surface area contributed by atoms with Gasteiger partial charge < -0.3 is 14.4 Å². The van der Waals surface area contributed by atoms with E-state index in [1.807, 2.05) is 0 Å². The first-order valence-corrected chi connectivity index (χ1v) is 7.82. The topological polar surface area (TPSA) is 55.8 Å². The van der Waals surface area contributed by atoms with Crippen LogP contribution in [-0.2, 0) is 31.7 Å². The minimum absolute atomic E-state index is 0.0926. The van der Waals surface area contributed by atoms with Gasteiger partial charge in [0.15, 0.2) is 0 Å². The summed E-state index contributed by atoms with van der Waals surface area (Å²) in [4.78, 5) is 25.7. The van der Waals surface area contributed by atoms with Crippen LogP contribution in [0.4, 0.5) is 13.2 Å². The summed E-state index contributed by atoms with van der Waals surface area (Å²) in [5, 5.41) is 0. The van der Waals surface area contributed by atoms with Gasteiger partial charge in [-0.2, -0.15) is 13.2 Å². The van der Waals surface area contributed by atoms with Crippen molar-refractivity contribution in [2.24, 2.45) is 0 Å². The van der Waals surface area contributed by atoms with Gasteiger partial charge in [0.05, 0.1) is 18.8 Å². The molecular weight excluding hydrogens is 339 g/mol. The van der Waals surface area contributed by atoms with Crippen LogP contribution >= 0.6 is 0 Å². The first-order chi connectivity index (χ1) is 11.8. The van der Waals surface area contributed by atoms with Crippen LogP contribution in [0.1, 0.15) is 24.0 Å². The molecule has 1 fully saturated rings. The molecule has 25 heavy (non-hydrogen) atoms. The molecule has 1 heterocycles. The molecule has 0 aromatic heterocycles. The lowest BCUT2D eigenvalue weighted by molar-refractivity contribution is -0.150. The molecule has 0 N–H and O–H groups in total. The van der Waals surface area contributed by atoms with Crippen LogP contribution in [0.3, 0.4) is 0 Å². The molecule has 0 saturated carbocycles. The fourth-order valence-corrected chi connectivity index (χ4v) is 2.86. The molecule has 2 rings (SSSR count). The lowest BCUT2D eigenvalue weighted by atomic mass is 10.1. The summed E-state index contributed by atoms with van der Waals surface area (Å²) in [5.74, 6) is -0.753. The molecule has 1 aromatic carbocycles. The maximum atomic E-state index is 12.5. The highest BCUT2D eigenvalue weighted by Crippen LogP contribution is 2.29. The van der Waals surface area contributed by atoms with Crippen LogP contribution in [0.2, 0.25) is 0 Å². The van der Waals surface area contributed by atoms with E-state index in [4.69, 9.17) is 9.47 Å². The molecule has 0 unspecified atom stereocenters. The number of nitrogens with zero attached hydrogens (tertiary/aromatic N) is 1. The van der Waals surface area contributed by atoms with Gasteiger partial charge in [-0.1, -0.05) is 12.1 Å². The van der Waals surface area contributed by atoms with Gasteiger partial charge in [-0.05, 0) is 24.1 Å². The quantitative estimate of drug-likeness (QED) is 0.758. The van der Waals surface area contributed by atoms with Crippen molar-refractivity contribution in [3.63, 3.8) is 0 Å². The Bertz CT molecular complexity index is 615. The van der Waals surface area contributed by atoms with Crippen LogP contribution in [0.15, 0.2) is 24.3 Å². The standard InChI is InChI=1S/C17H20F3NO4/c1-24-13-9-14(16(23)25-2)21(10-13)15(22)8-5-11-3-6-12(7-4-11)17(18,19)20/h3-4,6-7,13-14H,5,8-10H2,1-2H3/t13-,14-/m0/s1. The lowest BCUT2D eigenvalue weighted by Crippen LogP contribution is -2.41. The summed E-state index contributed by atoms with van der Waals surface area (Å²) < 4.78 is 47.6. The van der Waals surface area contributed by atoms with Crippen LogP contribution in [0.25, 0.3) is 0 Å². The average Bonchev–Trinajstić information content (AvgIpc) is 3.03. The number of ether oxygens (including phenoxy) is 2. The summed E-state index contributed by atoms with van der Waals surface area (Å²) in [6, 6.07) is 4.02. The lowest BCUT2D eigenvalue weighted by Gasteiger charge is -2.22. The molecule has 0 bridgehead atoms. The van der Waals surface area contributed by atoms with E-state index in [1.165, 1.54) is 31.3 Å². The summed E-state index contributed by atoms with van der Waals surface area (Å²) in [6.45, 7) is 0.294. The van der Waals surface area contributed by atoms with Crippen LogP contribution in [-0.4, -0.2) is 49.7 Å². The zero-order valence-electron chi connectivity index (χ0n) is 14.0. The minimum Gasteiger partial charge on any atom is -0.467 e. The fraction of sp³-hybridized carbons (Fsp3) is 0.529. The van der Waals surface area contributed by atoms with Gasteiger partial charge in [-0.25, -0.2) is 4.79 Å². The van der Waals surface area contributed by atoms with Gasteiger partial charge in [-0.3, -0.25) is 4.79 Å². The molecule has 2 atom stereocenters. The number of hydrogen-bond acceptors (Lipinski definition) is 4. The summed E-state index contributed by atoms with van der Waals surface area (Å²) in [5.41, 5.74) is -0.103. The Hall–Kier alpha value is -2.09. The molecular formula is C17H20F3NO4. The zero-order chi connectivity index (χ0) is 18.6. The first-order valence-electron chi connectivity index (χ1n) is 7.82. The third-order valence-electron chi connectivity index (χ3n) is 4.30. The van der Waals surface area contributed by atoms with Gasteiger partial charge in [0.2, 0.25) is 5.91 Å². The number of halogens is 3. The molecule has 5 nitrogen and oxygen atoms in total. The second kappa shape index (κ2) is 7.86. The number of esters is 1. The molecule has 0 spiro atoms. The van der Waals surface area contributed by atoms with E-state index < -0.39 is 23.8 Å². The Balaban J connectivity index is 1.97. The van der Waals surface area contributed by atoms with Gasteiger partial charge in [0.1, 0.15) is 6.04 Å². The normalized spacial score (nSPS) is 20.6. The van der Waals surface area contributed by atoms with E-state index in [0.29, 0.717) is 24.9 Å². The number of carbonyl (C=O) groups is 2. The van der Waals surface area contributed by atoms with E-state index in [-0.39, 0.29) is 18.4 Å². The van der Waals surface area contributed by atoms with Crippen LogP contribution in [0, 0.1) is 0 Å². The number of methoxy groups -OCH3 is 2. The van der Waals surface area contributed by atoms with Gasteiger partial charge in [-0.15, -0.1) is 0 Å². The molecule has 1 amide bonds. The summed E-state index contributed by atoms with van der Waals surface area (Å²) >= 11 is 0. The van der Waals surface area contributed by atoms with Gasteiger partial charge in [0, 0.05) is 26.5 Å². The molecule has 1 aromatic rings. The maximum Gasteiger partial charge on any atom is 0.416 e. The maximum absolute atomic E-state index is 12.5. The fourth-order valence-electron chi connectivity index (χ4n) is 2.86. The van der Waals surface area contributed by atoms with Crippen molar-refractivity contribution in [1.82, 2.24) is 4.90 Å². The predicted molar refractivity (Wildman–Crippen MR) is 82.7 cm³/mol. The Kier molecular flexibility index (Phi) is 6.05. The van der Waals surface area contributed by atoms with E-state index in [0.717, 1.165) is 12.1 Å². The number of benzene rings is 1. The molecule has 1 saturated heterocycles. The highest BCUT2D eigenvalue weighted by Gasteiger charge is 2.40. The largest absolute Gasteiger partial charge is 0.467 e. The average molecular weight is 359 g/mol. The second-order valence-electron chi connectivity index (χ2n) is 5.87. The van der Waals surface area contributed by atoms with Crippen molar-refractivity contribution in [2.45, 2.75) is 37.6 Å². The third kappa shape index (κ3) is 4.72. The van der Waals surface area contributed by atoms with Crippen LogP contribution in [0.5, 0.6) is 0 Å². The molecule has 0 radical (unpaired) electrons. The number of alkyl halides is 3. The second-order valence-corrected chi connectivity index (χ2v) is 5.87. The van der Waals surface area contributed by atoms with Crippen molar-refractivity contribution in [3.8, 4) is 0 Å². The van der Waals surface area contributed by atoms with E-state index >= 15 is 0 Å². The van der Waals surface area contributed by atoms with Crippen molar-refractivity contribution in [2.75, 3.05) is 20.8 Å². The van der Waals surface area contributed by atoms with E-state index in [2.05, 4.69) is 0 Å². The Morgan fingerprint density at radius 1 is 1.20 bits per heavy atom. The third-order valence-corrected chi connectivity index (χ3v) is 4.30. The highest BCUT2D eigenvalue weighted by atomic mass is 19.4. The van der Waals surface area contributed by atoms with Crippen molar-refractivity contribution in [3.05, 3.63) is 35.4 Å². The molecule has 1 aliphatic heterocycles. The number of carbonyl (C=O) groups excluding carboxylic acids is 2. The Labute approximate surface area is 143 Å². The number of hydrogen-bond donors (Lipinski definition) is 0. The Morgan fingerprint density at radius 2 is 1.84 bits per heavy atom. The van der Waals surface area contributed by atoms with E-state index in [9.17, 15) is 22.8 Å². The van der Waals surface area contributed by atoms with Crippen molar-refractivity contribution < 1.29 is 32.2 Å². The SMILES string of the molecule is COC(=O)[C@@H]1C[C@H](OC)CN1C(=O)CCc1ccc(C(F)(F)F)cc1. The Morgan fingerprint density at radius 3 is 2.36 bits per heavy atom. The monoisotopic (exact) mass is 359 g/mol. The van der Waals surface area contributed by atoms with Crippen molar-refractivity contribution >= 4 is 11.9 Å². The van der Waals surface area contributed by atoms with Gasteiger partial charge in [0.25, 0.3) is 0 Å². The molecule has 138 valence electrons. The zero-order valence-corrected chi connectivity index (χ0v) is 14.0. The molecule has 1 aliphatic rings.